The van der Waals surface area contributed by atoms with E-state index in [2.05, 4.69) is 10.5 Å². The summed E-state index contributed by atoms with van der Waals surface area (Å²) in [5.74, 6) is 0.855. The zero-order valence-electron chi connectivity index (χ0n) is 12.5. The first-order chi connectivity index (χ1) is 10.7. The Morgan fingerprint density at radius 1 is 1.41 bits per heavy atom. The molecule has 1 aromatic heterocycles. The minimum Gasteiger partial charge on any atom is -0.479 e. The second kappa shape index (κ2) is 8.19. The van der Waals surface area contributed by atoms with E-state index < -0.39 is 0 Å². The van der Waals surface area contributed by atoms with Crippen LogP contribution in [0.3, 0.4) is 0 Å². The predicted molar refractivity (Wildman–Crippen MR) is 80.5 cm³/mol. The fraction of sp³-hybridized carbons (Fsp3) is 0.375. The molecule has 0 saturated heterocycles. The zero-order valence-corrected chi connectivity index (χ0v) is 12.5. The molecule has 1 amide bonds. The van der Waals surface area contributed by atoms with Crippen LogP contribution in [0.15, 0.2) is 40.9 Å². The smallest absolute Gasteiger partial charge is 0.254 e. The first-order valence-electron chi connectivity index (χ1n) is 7.15. The topological polar surface area (TPSA) is 84.6 Å². The maximum atomic E-state index is 11.9. The van der Waals surface area contributed by atoms with Gasteiger partial charge in [-0.05, 0) is 17.1 Å². The van der Waals surface area contributed by atoms with Gasteiger partial charge in [0.1, 0.15) is 5.76 Å². The number of hydrogen-bond acceptors (Lipinski definition) is 5. The van der Waals surface area contributed by atoms with Crippen molar-refractivity contribution in [3.63, 3.8) is 0 Å². The second-order valence-electron chi connectivity index (χ2n) is 4.97. The van der Waals surface area contributed by atoms with E-state index in [9.17, 15) is 9.90 Å². The van der Waals surface area contributed by atoms with Crippen molar-refractivity contribution < 1.29 is 19.2 Å². The van der Waals surface area contributed by atoms with Crippen LogP contribution in [0.1, 0.15) is 17.7 Å². The van der Waals surface area contributed by atoms with Gasteiger partial charge < -0.3 is 19.7 Å². The zero-order chi connectivity index (χ0) is 15.8. The van der Waals surface area contributed by atoms with Crippen molar-refractivity contribution in [2.24, 2.45) is 0 Å². The maximum Gasteiger partial charge on any atom is 0.254 e. The number of nitrogens with zero attached hydrogens (tertiary/aromatic N) is 1. The van der Waals surface area contributed by atoms with Crippen LogP contribution >= 0.6 is 0 Å². The number of carbonyl (C=O) groups excluding carboxylic acids is 1. The largest absolute Gasteiger partial charge is 0.479 e. The number of rotatable bonds is 8. The Kier molecular flexibility index (Phi) is 5.97. The Labute approximate surface area is 129 Å². The summed E-state index contributed by atoms with van der Waals surface area (Å²) >= 11 is 0. The molecule has 0 aliphatic carbocycles. The van der Waals surface area contributed by atoms with E-state index in [1.807, 2.05) is 30.3 Å². The fourth-order valence-electron chi connectivity index (χ4n) is 2.10. The molecule has 6 heteroatoms. The Hall–Kier alpha value is -2.34. The molecule has 2 rings (SSSR count). The molecule has 118 valence electrons. The third-order valence-electron chi connectivity index (χ3n) is 3.26. The number of aromatic nitrogens is 1. The SMILES string of the molecule is COc1cc(CCC(=O)NC(CO)Cc2ccccc2)on1. The molecule has 0 aliphatic heterocycles. The summed E-state index contributed by atoms with van der Waals surface area (Å²) in [6.07, 6.45) is 1.30. The van der Waals surface area contributed by atoms with Crippen molar-refractivity contribution in [1.82, 2.24) is 10.5 Å². The lowest BCUT2D eigenvalue weighted by Crippen LogP contribution is -2.39. The van der Waals surface area contributed by atoms with Crippen LogP contribution in [0, 0.1) is 0 Å². The molecule has 1 atom stereocenters. The van der Waals surface area contributed by atoms with Crippen LogP contribution < -0.4 is 10.1 Å². The molecule has 1 unspecified atom stereocenters. The molecular weight excluding hydrogens is 284 g/mol. The monoisotopic (exact) mass is 304 g/mol. The van der Waals surface area contributed by atoms with Crippen molar-refractivity contribution >= 4 is 5.91 Å². The van der Waals surface area contributed by atoms with Gasteiger partial charge in [-0.2, -0.15) is 0 Å². The molecule has 2 aromatic rings. The van der Waals surface area contributed by atoms with E-state index >= 15 is 0 Å². The molecule has 1 heterocycles. The highest BCUT2D eigenvalue weighted by molar-refractivity contribution is 5.76. The number of aryl methyl sites for hydroxylation is 1. The van der Waals surface area contributed by atoms with Crippen molar-refractivity contribution in [2.45, 2.75) is 25.3 Å². The number of hydrogen-bond donors (Lipinski definition) is 2. The van der Waals surface area contributed by atoms with Crippen LogP contribution in [0.4, 0.5) is 0 Å². The van der Waals surface area contributed by atoms with Crippen molar-refractivity contribution in [2.75, 3.05) is 13.7 Å². The summed E-state index contributed by atoms with van der Waals surface area (Å²) in [6.45, 7) is -0.100. The van der Waals surface area contributed by atoms with Crippen molar-refractivity contribution in [1.29, 1.82) is 0 Å². The minimum absolute atomic E-state index is 0.100. The number of aliphatic hydroxyl groups is 1. The Morgan fingerprint density at radius 3 is 2.82 bits per heavy atom. The highest BCUT2D eigenvalue weighted by Crippen LogP contribution is 2.12. The number of aliphatic hydroxyl groups excluding tert-OH is 1. The number of carbonyl (C=O) groups is 1. The molecule has 0 spiro atoms. The van der Waals surface area contributed by atoms with Crippen LogP contribution in [0.25, 0.3) is 0 Å². The molecular formula is C16H20N2O4. The molecule has 0 bridgehead atoms. The molecule has 22 heavy (non-hydrogen) atoms. The van der Waals surface area contributed by atoms with Crippen LogP contribution in [-0.4, -0.2) is 35.9 Å². The third kappa shape index (κ3) is 4.89. The van der Waals surface area contributed by atoms with Crippen LogP contribution in [-0.2, 0) is 17.6 Å². The number of nitrogens with one attached hydrogen (secondary N) is 1. The lowest BCUT2D eigenvalue weighted by molar-refractivity contribution is -0.122. The first kappa shape index (κ1) is 16.0. The molecule has 2 N–H and O–H groups in total. The van der Waals surface area contributed by atoms with Crippen molar-refractivity contribution in [3.8, 4) is 5.88 Å². The van der Waals surface area contributed by atoms with Gasteiger partial charge in [0.15, 0.2) is 0 Å². The van der Waals surface area contributed by atoms with Gasteiger partial charge >= 0.3 is 0 Å². The van der Waals surface area contributed by atoms with Gasteiger partial charge in [-0.25, -0.2) is 0 Å². The van der Waals surface area contributed by atoms with Gasteiger partial charge in [0.2, 0.25) is 5.91 Å². The second-order valence-corrected chi connectivity index (χ2v) is 4.97. The summed E-state index contributed by atoms with van der Waals surface area (Å²) in [4.78, 5) is 11.9. The number of amides is 1. The highest BCUT2D eigenvalue weighted by Gasteiger charge is 2.13. The minimum atomic E-state index is -0.292. The Morgan fingerprint density at radius 2 is 2.18 bits per heavy atom. The normalized spacial score (nSPS) is 11.9. The summed E-state index contributed by atoms with van der Waals surface area (Å²) in [7, 11) is 1.50. The predicted octanol–water partition coefficient (Wildman–Crippen LogP) is 1.34. The van der Waals surface area contributed by atoms with Crippen LogP contribution in [0.5, 0.6) is 5.88 Å². The van der Waals surface area contributed by atoms with Crippen molar-refractivity contribution in [3.05, 3.63) is 47.7 Å². The number of methoxy groups -OCH3 is 1. The summed E-state index contributed by atoms with van der Waals surface area (Å²) in [5.41, 5.74) is 1.07. The lowest BCUT2D eigenvalue weighted by Gasteiger charge is -2.16. The van der Waals surface area contributed by atoms with Gasteiger partial charge in [-0.15, -0.1) is 0 Å². The van der Waals surface area contributed by atoms with Gasteiger partial charge in [-0.3, -0.25) is 4.79 Å². The van der Waals surface area contributed by atoms with E-state index in [1.54, 1.807) is 6.07 Å². The average molecular weight is 304 g/mol. The van der Waals surface area contributed by atoms with E-state index in [-0.39, 0.29) is 25.0 Å². The van der Waals surface area contributed by atoms with Gasteiger partial charge in [-0.1, -0.05) is 30.3 Å². The number of benzene rings is 1. The highest BCUT2D eigenvalue weighted by atomic mass is 16.5. The molecule has 0 radical (unpaired) electrons. The maximum absolute atomic E-state index is 11.9. The average Bonchev–Trinajstić information content (AvgIpc) is 3.01. The molecule has 0 saturated carbocycles. The molecule has 0 fully saturated rings. The Balaban J connectivity index is 1.79. The van der Waals surface area contributed by atoms with E-state index in [1.165, 1.54) is 7.11 Å². The summed E-state index contributed by atoms with van der Waals surface area (Å²) < 4.78 is 9.94. The fourth-order valence-corrected chi connectivity index (χ4v) is 2.10. The lowest BCUT2D eigenvalue weighted by atomic mass is 10.1. The van der Waals surface area contributed by atoms with E-state index in [0.717, 1.165) is 5.56 Å². The van der Waals surface area contributed by atoms with Gasteiger partial charge in [0, 0.05) is 18.9 Å². The summed E-state index contributed by atoms with van der Waals surface area (Å²) in [5, 5.41) is 15.9. The third-order valence-corrected chi connectivity index (χ3v) is 3.26. The van der Waals surface area contributed by atoms with Gasteiger partial charge in [0.25, 0.3) is 5.88 Å². The standard InChI is InChI=1S/C16H20N2O4/c1-21-16-10-14(22-18-16)7-8-15(20)17-13(11-19)9-12-5-3-2-4-6-12/h2-6,10,13,19H,7-9,11H2,1H3,(H,17,20). The molecule has 0 aliphatic rings. The summed E-state index contributed by atoms with van der Waals surface area (Å²) in [6, 6.07) is 11.1. The Bertz CT molecular complexity index is 583. The quantitative estimate of drug-likeness (QED) is 0.768. The molecule has 1 aromatic carbocycles. The van der Waals surface area contributed by atoms with Gasteiger partial charge in [0.05, 0.1) is 19.8 Å². The van der Waals surface area contributed by atoms with E-state index in [0.29, 0.717) is 24.5 Å². The molecule has 6 nitrogen and oxygen atoms in total. The number of ether oxygens (including phenoxy) is 1. The first-order valence-corrected chi connectivity index (χ1v) is 7.15. The van der Waals surface area contributed by atoms with Crippen LogP contribution in [0.2, 0.25) is 0 Å². The van der Waals surface area contributed by atoms with E-state index in [4.69, 9.17) is 9.26 Å².